The Hall–Kier alpha value is -0.430. The standard InChI is InChI=1S/C24H42S/c1-10-22(7,11-2)18-16-19(23(8,12-3)13-4)21(25)20(17-18)24(9,14-5)15-6/h16-17,25H,10-15H2,1-9H3. The van der Waals surface area contributed by atoms with Gasteiger partial charge in [0.25, 0.3) is 0 Å². The molecule has 0 saturated carbocycles. The van der Waals surface area contributed by atoms with Crippen LogP contribution in [0.4, 0.5) is 0 Å². The van der Waals surface area contributed by atoms with E-state index in [1.54, 1.807) is 0 Å². The minimum absolute atomic E-state index is 0.201. The second kappa shape index (κ2) is 8.51. The molecule has 0 amide bonds. The van der Waals surface area contributed by atoms with Gasteiger partial charge in [-0.15, -0.1) is 12.6 Å². The van der Waals surface area contributed by atoms with E-state index < -0.39 is 0 Å². The molecule has 0 atom stereocenters. The van der Waals surface area contributed by atoms with Crippen molar-refractivity contribution < 1.29 is 0 Å². The van der Waals surface area contributed by atoms with Gasteiger partial charge in [0, 0.05) is 4.90 Å². The normalized spacial score (nSPS) is 13.4. The summed E-state index contributed by atoms with van der Waals surface area (Å²) in [5.74, 6) is 0. The topological polar surface area (TPSA) is 0 Å². The van der Waals surface area contributed by atoms with Crippen molar-refractivity contribution in [2.75, 3.05) is 0 Å². The van der Waals surface area contributed by atoms with E-state index in [-0.39, 0.29) is 16.2 Å². The Bertz CT molecular complexity index is 518. The van der Waals surface area contributed by atoms with Gasteiger partial charge in [-0.1, -0.05) is 74.4 Å². The molecule has 0 aromatic heterocycles. The van der Waals surface area contributed by atoms with Crippen molar-refractivity contribution in [3.63, 3.8) is 0 Å². The third kappa shape index (κ3) is 4.12. The number of hydrogen-bond donors (Lipinski definition) is 1. The summed E-state index contributed by atoms with van der Waals surface area (Å²) in [5.41, 5.74) is 5.10. The summed E-state index contributed by atoms with van der Waals surface area (Å²) < 4.78 is 0. The number of rotatable bonds is 9. The Balaban J connectivity index is 3.86. The zero-order valence-electron chi connectivity index (χ0n) is 18.3. The molecular formula is C24H42S. The van der Waals surface area contributed by atoms with Gasteiger partial charge >= 0.3 is 0 Å². The molecule has 0 unspecified atom stereocenters. The SMILES string of the molecule is CCC(C)(CC)c1cc(C(C)(CC)CC)c(S)c(C(C)(CC)CC)c1. The van der Waals surface area contributed by atoms with Gasteiger partial charge in [-0.3, -0.25) is 0 Å². The first kappa shape index (κ1) is 22.6. The lowest BCUT2D eigenvalue weighted by Gasteiger charge is -2.38. The lowest BCUT2D eigenvalue weighted by Crippen LogP contribution is -2.28. The van der Waals surface area contributed by atoms with Gasteiger partial charge in [-0.25, -0.2) is 0 Å². The summed E-state index contributed by atoms with van der Waals surface area (Å²) in [7, 11) is 0. The molecule has 0 radical (unpaired) electrons. The highest BCUT2D eigenvalue weighted by Crippen LogP contribution is 2.45. The Morgan fingerprint density at radius 3 is 1.12 bits per heavy atom. The van der Waals surface area contributed by atoms with E-state index in [4.69, 9.17) is 12.6 Å². The summed E-state index contributed by atoms with van der Waals surface area (Å²) in [6.07, 6.45) is 6.98. The van der Waals surface area contributed by atoms with E-state index in [1.165, 1.54) is 34.4 Å². The highest BCUT2D eigenvalue weighted by molar-refractivity contribution is 7.80. The van der Waals surface area contributed by atoms with Crippen LogP contribution < -0.4 is 0 Å². The van der Waals surface area contributed by atoms with Crippen LogP contribution in [0, 0.1) is 0 Å². The van der Waals surface area contributed by atoms with Crippen LogP contribution in [0.15, 0.2) is 17.0 Å². The largest absolute Gasteiger partial charge is 0.143 e. The fraction of sp³-hybridized carbons (Fsp3) is 0.750. The quantitative estimate of drug-likeness (QED) is 0.420. The summed E-state index contributed by atoms with van der Waals surface area (Å²) in [4.78, 5) is 1.25. The van der Waals surface area contributed by atoms with E-state index in [1.807, 2.05) is 0 Å². The zero-order chi connectivity index (χ0) is 19.5. The second-order valence-corrected chi connectivity index (χ2v) is 9.17. The molecule has 144 valence electrons. The molecule has 0 nitrogen and oxygen atoms in total. The van der Waals surface area contributed by atoms with E-state index in [9.17, 15) is 0 Å². The maximum absolute atomic E-state index is 5.12. The zero-order valence-corrected chi connectivity index (χ0v) is 19.2. The van der Waals surface area contributed by atoms with E-state index >= 15 is 0 Å². The Morgan fingerprint density at radius 1 is 0.600 bits per heavy atom. The molecule has 1 heteroatoms. The van der Waals surface area contributed by atoms with Gasteiger partial charge in [0.2, 0.25) is 0 Å². The van der Waals surface area contributed by atoms with Gasteiger partial charge in [-0.2, -0.15) is 0 Å². The summed E-state index contributed by atoms with van der Waals surface area (Å²) >= 11 is 5.12. The second-order valence-electron chi connectivity index (χ2n) is 8.72. The van der Waals surface area contributed by atoms with Crippen molar-refractivity contribution in [3.05, 3.63) is 28.8 Å². The molecule has 0 spiro atoms. The lowest BCUT2D eigenvalue weighted by molar-refractivity contribution is 0.398. The minimum Gasteiger partial charge on any atom is -0.143 e. The van der Waals surface area contributed by atoms with Crippen molar-refractivity contribution in [1.82, 2.24) is 0 Å². The third-order valence-electron chi connectivity index (χ3n) is 7.79. The van der Waals surface area contributed by atoms with Gasteiger partial charge < -0.3 is 0 Å². The average molecular weight is 363 g/mol. The van der Waals surface area contributed by atoms with Crippen molar-refractivity contribution in [3.8, 4) is 0 Å². The van der Waals surface area contributed by atoms with Crippen LogP contribution in [0.3, 0.4) is 0 Å². The van der Waals surface area contributed by atoms with Gasteiger partial charge in [0.1, 0.15) is 0 Å². The molecule has 1 aromatic rings. The van der Waals surface area contributed by atoms with Crippen molar-refractivity contribution in [2.45, 2.75) is 122 Å². The molecule has 25 heavy (non-hydrogen) atoms. The Labute approximate surface area is 163 Å². The minimum atomic E-state index is 0.201. The Kier molecular flexibility index (Phi) is 7.69. The van der Waals surface area contributed by atoms with Crippen LogP contribution in [0.25, 0.3) is 0 Å². The van der Waals surface area contributed by atoms with E-state index in [2.05, 4.69) is 74.4 Å². The monoisotopic (exact) mass is 362 g/mol. The number of hydrogen-bond acceptors (Lipinski definition) is 1. The number of benzene rings is 1. The molecular weight excluding hydrogens is 320 g/mol. The first-order valence-corrected chi connectivity index (χ1v) is 10.9. The van der Waals surface area contributed by atoms with Crippen LogP contribution in [0.5, 0.6) is 0 Å². The van der Waals surface area contributed by atoms with Crippen LogP contribution in [-0.4, -0.2) is 0 Å². The first-order chi connectivity index (χ1) is 11.6. The Morgan fingerprint density at radius 2 is 0.880 bits per heavy atom. The molecule has 0 heterocycles. The van der Waals surface area contributed by atoms with Gasteiger partial charge in [0.15, 0.2) is 0 Å². The molecule has 0 aliphatic heterocycles. The summed E-state index contributed by atoms with van der Waals surface area (Å²) in [6.45, 7) is 21.2. The summed E-state index contributed by atoms with van der Waals surface area (Å²) in [6, 6.07) is 5.00. The fourth-order valence-electron chi connectivity index (χ4n) is 3.82. The van der Waals surface area contributed by atoms with Crippen LogP contribution in [0.1, 0.15) is 118 Å². The van der Waals surface area contributed by atoms with Gasteiger partial charge in [0.05, 0.1) is 0 Å². The maximum atomic E-state index is 5.12. The molecule has 0 aliphatic rings. The van der Waals surface area contributed by atoms with Crippen LogP contribution in [-0.2, 0) is 16.2 Å². The molecule has 0 aliphatic carbocycles. The van der Waals surface area contributed by atoms with Crippen molar-refractivity contribution in [1.29, 1.82) is 0 Å². The number of thiol groups is 1. The summed E-state index contributed by atoms with van der Waals surface area (Å²) in [5, 5.41) is 0. The van der Waals surface area contributed by atoms with Crippen molar-refractivity contribution in [2.24, 2.45) is 0 Å². The van der Waals surface area contributed by atoms with E-state index in [0.29, 0.717) is 0 Å². The predicted octanol–water partition coefficient (Wildman–Crippen LogP) is 8.21. The van der Waals surface area contributed by atoms with Crippen molar-refractivity contribution >= 4 is 12.6 Å². The highest BCUT2D eigenvalue weighted by atomic mass is 32.1. The molecule has 1 aromatic carbocycles. The molecule has 1 rings (SSSR count). The van der Waals surface area contributed by atoms with Crippen LogP contribution >= 0.6 is 12.6 Å². The maximum Gasteiger partial charge on any atom is 0.0115 e. The molecule has 0 bridgehead atoms. The van der Waals surface area contributed by atoms with Crippen LogP contribution in [0.2, 0.25) is 0 Å². The highest BCUT2D eigenvalue weighted by Gasteiger charge is 2.34. The first-order valence-electron chi connectivity index (χ1n) is 10.5. The molecule has 0 saturated heterocycles. The van der Waals surface area contributed by atoms with E-state index in [0.717, 1.165) is 25.7 Å². The fourth-order valence-corrected chi connectivity index (χ4v) is 4.49. The average Bonchev–Trinajstić information content (AvgIpc) is 2.66. The van der Waals surface area contributed by atoms with Gasteiger partial charge in [-0.05, 0) is 71.5 Å². The third-order valence-corrected chi connectivity index (χ3v) is 8.27. The smallest absolute Gasteiger partial charge is 0.0115 e. The molecule has 0 N–H and O–H groups in total. The predicted molar refractivity (Wildman–Crippen MR) is 117 cm³/mol. The lowest BCUT2D eigenvalue weighted by atomic mass is 9.68. The molecule has 0 fully saturated rings.